The average molecular weight is 207 g/mol. The Bertz CT molecular complexity index is 298. The van der Waals surface area contributed by atoms with Gasteiger partial charge in [-0.1, -0.05) is 31.5 Å². The first-order chi connectivity index (χ1) is 6.90. The van der Waals surface area contributed by atoms with Crippen LogP contribution >= 0.6 is 11.8 Å². The summed E-state index contributed by atoms with van der Waals surface area (Å²) in [5.74, 6) is 1.16. The maximum atomic E-state index is 2.54. The van der Waals surface area contributed by atoms with Crippen molar-refractivity contribution in [1.29, 1.82) is 0 Å². The quantitative estimate of drug-likeness (QED) is 0.747. The molecule has 76 valence electrons. The van der Waals surface area contributed by atoms with Crippen molar-refractivity contribution in [3.8, 4) is 0 Å². The van der Waals surface area contributed by atoms with E-state index >= 15 is 0 Å². The van der Waals surface area contributed by atoms with Gasteiger partial charge in [-0.15, -0.1) is 11.8 Å². The molecule has 0 saturated carbocycles. The fraction of sp³-hybridized carbons (Fsp3) is 0.500. The average Bonchev–Trinajstić information content (AvgIpc) is 2.26. The molecule has 2 heteroatoms. The highest BCUT2D eigenvalue weighted by molar-refractivity contribution is 7.99. The van der Waals surface area contributed by atoms with E-state index in [0.717, 1.165) is 12.4 Å². The van der Waals surface area contributed by atoms with Gasteiger partial charge in [-0.25, -0.2) is 0 Å². The van der Waals surface area contributed by atoms with Gasteiger partial charge in [0.1, 0.15) is 0 Å². The van der Waals surface area contributed by atoms with Gasteiger partial charge >= 0.3 is 0 Å². The van der Waals surface area contributed by atoms with Crippen LogP contribution in [-0.2, 0) is 6.54 Å². The molecule has 0 N–H and O–H groups in total. The Morgan fingerprint density at radius 2 is 2.21 bits per heavy atom. The van der Waals surface area contributed by atoms with Crippen molar-refractivity contribution in [1.82, 2.24) is 4.90 Å². The number of hydrogen-bond acceptors (Lipinski definition) is 2. The van der Waals surface area contributed by atoms with Crippen LogP contribution in [0.2, 0.25) is 0 Å². The van der Waals surface area contributed by atoms with Crippen LogP contribution in [0, 0.1) is 0 Å². The van der Waals surface area contributed by atoms with Gasteiger partial charge in [0.25, 0.3) is 0 Å². The summed E-state index contributed by atoms with van der Waals surface area (Å²) < 4.78 is 0. The van der Waals surface area contributed by atoms with Gasteiger partial charge in [-0.05, 0) is 24.6 Å². The third-order valence-electron chi connectivity index (χ3n) is 2.60. The SMILES string of the molecule is CCCCN1CSc2ccccc2C1. The molecule has 0 aromatic heterocycles. The van der Waals surface area contributed by atoms with Crippen molar-refractivity contribution in [3.63, 3.8) is 0 Å². The third-order valence-corrected chi connectivity index (χ3v) is 3.80. The molecule has 0 spiro atoms. The van der Waals surface area contributed by atoms with E-state index in [1.807, 2.05) is 11.8 Å². The van der Waals surface area contributed by atoms with E-state index in [1.54, 1.807) is 0 Å². The standard InChI is InChI=1S/C12H17NS/c1-2-3-8-13-9-11-6-4-5-7-12(11)14-10-13/h4-7H,2-3,8-10H2,1H3. The van der Waals surface area contributed by atoms with Gasteiger partial charge in [0.15, 0.2) is 0 Å². The van der Waals surface area contributed by atoms with Gasteiger partial charge in [0.05, 0.1) is 0 Å². The number of thioether (sulfide) groups is 1. The highest BCUT2D eigenvalue weighted by atomic mass is 32.2. The number of hydrogen-bond donors (Lipinski definition) is 0. The number of nitrogens with zero attached hydrogens (tertiary/aromatic N) is 1. The van der Waals surface area contributed by atoms with Crippen LogP contribution in [0.15, 0.2) is 29.2 Å². The third kappa shape index (κ3) is 2.31. The largest absolute Gasteiger partial charge is 0.289 e. The smallest absolute Gasteiger partial charge is 0.0495 e. The first-order valence-corrected chi connectivity index (χ1v) is 6.32. The van der Waals surface area contributed by atoms with E-state index in [2.05, 4.69) is 36.1 Å². The van der Waals surface area contributed by atoms with Crippen molar-refractivity contribution in [2.45, 2.75) is 31.2 Å². The monoisotopic (exact) mass is 207 g/mol. The minimum Gasteiger partial charge on any atom is -0.289 e. The highest BCUT2D eigenvalue weighted by Crippen LogP contribution is 2.29. The van der Waals surface area contributed by atoms with Crippen LogP contribution in [0.5, 0.6) is 0 Å². The summed E-state index contributed by atoms with van der Waals surface area (Å²) in [5, 5.41) is 0. The van der Waals surface area contributed by atoms with Gasteiger partial charge in [-0.2, -0.15) is 0 Å². The zero-order chi connectivity index (χ0) is 9.80. The zero-order valence-corrected chi connectivity index (χ0v) is 9.52. The Hall–Kier alpha value is -0.470. The predicted molar refractivity (Wildman–Crippen MR) is 62.5 cm³/mol. The normalized spacial score (nSPS) is 16.6. The van der Waals surface area contributed by atoms with Crippen LogP contribution in [0.25, 0.3) is 0 Å². The summed E-state index contributed by atoms with van der Waals surface area (Å²) in [7, 11) is 0. The summed E-state index contributed by atoms with van der Waals surface area (Å²) in [6.45, 7) is 4.64. The van der Waals surface area contributed by atoms with E-state index in [-0.39, 0.29) is 0 Å². The molecule has 1 nitrogen and oxygen atoms in total. The second kappa shape index (κ2) is 4.85. The van der Waals surface area contributed by atoms with Crippen molar-refractivity contribution >= 4 is 11.8 Å². The first-order valence-electron chi connectivity index (χ1n) is 5.33. The number of unbranched alkanes of at least 4 members (excludes halogenated alkanes) is 1. The van der Waals surface area contributed by atoms with Crippen molar-refractivity contribution < 1.29 is 0 Å². The Labute approximate surface area is 90.5 Å². The van der Waals surface area contributed by atoms with Crippen molar-refractivity contribution in [2.24, 2.45) is 0 Å². The van der Waals surface area contributed by atoms with Gasteiger partial charge in [0, 0.05) is 17.3 Å². The summed E-state index contributed by atoms with van der Waals surface area (Å²) in [4.78, 5) is 4.01. The molecule has 0 unspecified atom stereocenters. The second-order valence-corrected chi connectivity index (χ2v) is 4.77. The first kappa shape index (κ1) is 10.1. The molecule has 1 heterocycles. The molecule has 0 bridgehead atoms. The minimum atomic E-state index is 1.14. The molecule has 0 atom stereocenters. The molecule has 0 radical (unpaired) electrons. The zero-order valence-electron chi connectivity index (χ0n) is 8.70. The van der Waals surface area contributed by atoms with Gasteiger partial charge < -0.3 is 0 Å². The summed E-state index contributed by atoms with van der Waals surface area (Å²) in [5.41, 5.74) is 1.50. The molecular weight excluding hydrogens is 190 g/mol. The molecule has 0 fully saturated rings. The Morgan fingerprint density at radius 1 is 1.36 bits per heavy atom. The van der Waals surface area contributed by atoms with Crippen LogP contribution < -0.4 is 0 Å². The number of benzene rings is 1. The molecule has 2 rings (SSSR count). The van der Waals surface area contributed by atoms with E-state index in [4.69, 9.17) is 0 Å². The number of fused-ring (bicyclic) bond motifs is 1. The highest BCUT2D eigenvalue weighted by Gasteiger charge is 2.14. The van der Waals surface area contributed by atoms with Gasteiger partial charge in [-0.3, -0.25) is 4.90 Å². The lowest BCUT2D eigenvalue weighted by molar-refractivity contribution is 0.300. The lowest BCUT2D eigenvalue weighted by Crippen LogP contribution is -2.27. The maximum Gasteiger partial charge on any atom is 0.0495 e. The van der Waals surface area contributed by atoms with Crippen molar-refractivity contribution in [2.75, 3.05) is 12.4 Å². The van der Waals surface area contributed by atoms with Crippen LogP contribution in [0.3, 0.4) is 0 Å². The lowest BCUT2D eigenvalue weighted by Gasteiger charge is -2.27. The predicted octanol–water partition coefficient (Wildman–Crippen LogP) is 3.35. The molecular formula is C12H17NS. The lowest BCUT2D eigenvalue weighted by atomic mass is 10.2. The fourth-order valence-electron chi connectivity index (χ4n) is 1.75. The molecule has 1 aromatic carbocycles. The Kier molecular flexibility index (Phi) is 3.49. The Morgan fingerprint density at radius 3 is 3.07 bits per heavy atom. The topological polar surface area (TPSA) is 3.24 Å². The number of rotatable bonds is 3. The van der Waals surface area contributed by atoms with E-state index in [0.29, 0.717) is 0 Å². The molecule has 1 aliphatic heterocycles. The second-order valence-electron chi connectivity index (χ2n) is 3.79. The molecule has 1 aliphatic rings. The molecule has 14 heavy (non-hydrogen) atoms. The minimum absolute atomic E-state index is 1.14. The fourth-order valence-corrected chi connectivity index (χ4v) is 2.78. The summed E-state index contributed by atoms with van der Waals surface area (Å²) >= 11 is 1.97. The summed E-state index contributed by atoms with van der Waals surface area (Å²) in [6.07, 6.45) is 2.62. The molecule has 0 amide bonds. The van der Waals surface area contributed by atoms with Crippen LogP contribution in [0.1, 0.15) is 25.3 Å². The molecule has 1 aromatic rings. The molecule has 0 aliphatic carbocycles. The van der Waals surface area contributed by atoms with E-state index in [1.165, 1.54) is 29.8 Å². The van der Waals surface area contributed by atoms with Gasteiger partial charge in [0.2, 0.25) is 0 Å². The Balaban J connectivity index is 1.99. The summed E-state index contributed by atoms with van der Waals surface area (Å²) in [6, 6.07) is 8.76. The van der Waals surface area contributed by atoms with Crippen LogP contribution in [0.4, 0.5) is 0 Å². The molecule has 0 saturated heterocycles. The van der Waals surface area contributed by atoms with Crippen molar-refractivity contribution in [3.05, 3.63) is 29.8 Å². The van der Waals surface area contributed by atoms with Crippen LogP contribution in [-0.4, -0.2) is 17.3 Å². The van der Waals surface area contributed by atoms with E-state index < -0.39 is 0 Å². The maximum absolute atomic E-state index is 2.54. The van der Waals surface area contributed by atoms with E-state index in [9.17, 15) is 0 Å².